The number of hydrogen-bond acceptors (Lipinski definition) is 2. The van der Waals surface area contributed by atoms with Crippen molar-refractivity contribution in [3.05, 3.63) is 35.5 Å². The van der Waals surface area contributed by atoms with Crippen molar-refractivity contribution in [2.24, 2.45) is 0 Å². The van der Waals surface area contributed by atoms with Crippen molar-refractivity contribution in [1.82, 2.24) is 9.47 Å². The van der Waals surface area contributed by atoms with Gasteiger partial charge in [-0.15, -0.1) is 0 Å². The van der Waals surface area contributed by atoms with E-state index in [1.807, 2.05) is 0 Å². The van der Waals surface area contributed by atoms with Gasteiger partial charge in [-0.25, -0.2) is 0 Å². The van der Waals surface area contributed by atoms with Crippen molar-refractivity contribution < 1.29 is 4.74 Å². The Morgan fingerprint density at radius 1 is 1.15 bits per heavy atom. The molecule has 0 aliphatic carbocycles. The SMILES string of the molecule is Cc1ccc2cc(CN3CCOCC3)n(C(C)C)c2c1. The van der Waals surface area contributed by atoms with Crippen LogP contribution in [0.2, 0.25) is 0 Å². The maximum absolute atomic E-state index is 5.44. The van der Waals surface area contributed by atoms with E-state index in [0.717, 1.165) is 32.8 Å². The second kappa shape index (κ2) is 5.58. The van der Waals surface area contributed by atoms with E-state index in [1.54, 1.807) is 0 Å². The normalized spacial score (nSPS) is 17.2. The van der Waals surface area contributed by atoms with Crippen LogP contribution < -0.4 is 0 Å². The molecule has 2 aromatic rings. The smallest absolute Gasteiger partial charge is 0.0594 e. The second-order valence-electron chi connectivity index (χ2n) is 6.05. The first-order valence-electron chi connectivity index (χ1n) is 7.56. The van der Waals surface area contributed by atoms with E-state index in [2.05, 4.69) is 54.5 Å². The van der Waals surface area contributed by atoms with Crippen LogP contribution in [0.15, 0.2) is 24.3 Å². The summed E-state index contributed by atoms with van der Waals surface area (Å²) in [5.41, 5.74) is 4.11. The molecule has 3 nitrogen and oxygen atoms in total. The van der Waals surface area contributed by atoms with E-state index in [-0.39, 0.29) is 0 Å². The standard InChI is InChI=1S/C17H24N2O/c1-13(2)19-16(12-18-6-8-20-9-7-18)11-15-5-4-14(3)10-17(15)19/h4-5,10-11,13H,6-9,12H2,1-3H3. The van der Waals surface area contributed by atoms with Gasteiger partial charge in [0.1, 0.15) is 0 Å². The van der Waals surface area contributed by atoms with E-state index in [4.69, 9.17) is 4.74 Å². The predicted molar refractivity (Wildman–Crippen MR) is 83.2 cm³/mol. The van der Waals surface area contributed by atoms with E-state index in [9.17, 15) is 0 Å². The van der Waals surface area contributed by atoms with Gasteiger partial charge in [0.05, 0.1) is 13.2 Å². The van der Waals surface area contributed by atoms with Crippen molar-refractivity contribution in [1.29, 1.82) is 0 Å². The van der Waals surface area contributed by atoms with Crippen LogP contribution >= 0.6 is 0 Å². The monoisotopic (exact) mass is 272 g/mol. The Kier molecular flexibility index (Phi) is 3.81. The number of benzene rings is 1. The fraction of sp³-hybridized carbons (Fsp3) is 0.529. The van der Waals surface area contributed by atoms with Gasteiger partial charge in [-0.1, -0.05) is 12.1 Å². The van der Waals surface area contributed by atoms with Gasteiger partial charge in [0, 0.05) is 36.9 Å². The first-order chi connectivity index (χ1) is 9.65. The van der Waals surface area contributed by atoms with Gasteiger partial charge in [-0.05, 0) is 43.9 Å². The lowest BCUT2D eigenvalue weighted by atomic mass is 10.2. The number of aryl methyl sites for hydroxylation is 1. The van der Waals surface area contributed by atoms with Crippen molar-refractivity contribution in [2.45, 2.75) is 33.4 Å². The van der Waals surface area contributed by atoms with Crippen LogP contribution in [0.4, 0.5) is 0 Å². The molecule has 1 aromatic heterocycles. The first-order valence-corrected chi connectivity index (χ1v) is 7.56. The van der Waals surface area contributed by atoms with Crippen molar-refractivity contribution in [3.8, 4) is 0 Å². The van der Waals surface area contributed by atoms with E-state index in [0.29, 0.717) is 6.04 Å². The van der Waals surface area contributed by atoms with Gasteiger partial charge < -0.3 is 9.30 Å². The molecule has 1 aromatic carbocycles. The minimum Gasteiger partial charge on any atom is -0.379 e. The Bertz CT molecular complexity index is 594. The number of hydrogen-bond donors (Lipinski definition) is 0. The molecule has 0 N–H and O–H groups in total. The summed E-state index contributed by atoms with van der Waals surface area (Å²) in [6.07, 6.45) is 0. The molecule has 0 atom stereocenters. The zero-order valence-corrected chi connectivity index (χ0v) is 12.7. The Hall–Kier alpha value is -1.32. The third-order valence-corrected chi connectivity index (χ3v) is 4.08. The largest absolute Gasteiger partial charge is 0.379 e. The number of ether oxygens (including phenoxy) is 1. The second-order valence-corrected chi connectivity index (χ2v) is 6.05. The lowest BCUT2D eigenvalue weighted by Gasteiger charge is -2.27. The van der Waals surface area contributed by atoms with Crippen molar-refractivity contribution in [3.63, 3.8) is 0 Å². The fourth-order valence-corrected chi connectivity index (χ4v) is 3.11. The van der Waals surface area contributed by atoms with Crippen LogP contribution in [0, 0.1) is 6.92 Å². The van der Waals surface area contributed by atoms with E-state index in [1.165, 1.54) is 22.2 Å². The molecule has 0 spiro atoms. The lowest BCUT2D eigenvalue weighted by Crippen LogP contribution is -2.36. The molecule has 0 radical (unpaired) electrons. The molecule has 0 unspecified atom stereocenters. The third kappa shape index (κ3) is 2.60. The Labute approximate surface area is 121 Å². The van der Waals surface area contributed by atoms with Crippen LogP contribution in [0.5, 0.6) is 0 Å². The number of nitrogens with zero attached hydrogens (tertiary/aromatic N) is 2. The summed E-state index contributed by atoms with van der Waals surface area (Å²) in [6.45, 7) is 11.5. The average molecular weight is 272 g/mol. The van der Waals surface area contributed by atoms with Gasteiger partial charge >= 0.3 is 0 Å². The maximum atomic E-state index is 5.44. The molecule has 3 heteroatoms. The molecule has 3 rings (SSSR count). The molecule has 1 fully saturated rings. The minimum atomic E-state index is 0.491. The Morgan fingerprint density at radius 2 is 1.90 bits per heavy atom. The quantitative estimate of drug-likeness (QED) is 0.852. The number of aromatic nitrogens is 1. The first kappa shape index (κ1) is 13.7. The molecule has 1 saturated heterocycles. The highest BCUT2D eigenvalue weighted by Gasteiger charge is 2.16. The number of fused-ring (bicyclic) bond motifs is 1. The van der Waals surface area contributed by atoms with Gasteiger partial charge in [0.2, 0.25) is 0 Å². The summed E-state index contributed by atoms with van der Waals surface area (Å²) < 4.78 is 7.93. The molecule has 20 heavy (non-hydrogen) atoms. The molecule has 1 aliphatic heterocycles. The highest BCUT2D eigenvalue weighted by atomic mass is 16.5. The minimum absolute atomic E-state index is 0.491. The molecule has 2 heterocycles. The molecule has 0 saturated carbocycles. The maximum Gasteiger partial charge on any atom is 0.0594 e. The molecule has 0 amide bonds. The summed E-state index contributed by atoms with van der Waals surface area (Å²) >= 11 is 0. The Morgan fingerprint density at radius 3 is 2.60 bits per heavy atom. The van der Waals surface area contributed by atoms with Crippen LogP contribution in [0.25, 0.3) is 10.9 Å². The molecule has 108 valence electrons. The van der Waals surface area contributed by atoms with E-state index >= 15 is 0 Å². The number of morpholine rings is 1. The zero-order valence-electron chi connectivity index (χ0n) is 12.7. The van der Waals surface area contributed by atoms with Crippen LogP contribution in [-0.4, -0.2) is 35.8 Å². The average Bonchev–Trinajstić information content (AvgIpc) is 2.77. The molecule has 0 bridgehead atoms. The van der Waals surface area contributed by atoms with Gasteiger partial charge in [0.15, 0.2) is 0 Å². The molecular formula is C17H24N2O. The highest BCUT2D eigenvalue weighted by molar-refractivity contribution is 5.82. The highest BCUT2D eigenvalue weighted by Crippen LogP contribution is 2.26. The summed E-state index contributed by atoms with van der Waals surface area (Å²) in [5, 5.41) is 1.35. The zero-order chi connectivity index (χ0) is 14.1. The van der Waals surface area contributed by atoms with Crippen LogP contribution in [0.1, 0.15) is 31.1 Å². The van der Waals surface area contributed by atoms with E-state index < -0.39 is 0 Å². The summed E-state index contributed by atoms with van der Waals surface area (Å²) in [4.78, 5) is 2.49. The molecule has 1 aliphatic rings. The van der Waals surface area contributed by atoms with Crippen molar-refractivity contribution >= 4 is 10.9 Å². The fourth-order valence-electron chi connectivity index (χ4n) is 3.11. The topological polar surface area (TPSA) is 17.4 Å². The summed E-state index contributed by atoms with van der Waals surface area (Å²) in [6, 6.07) is 9.59. The molecular weight excluding hydrogens is 248 g/mol. The number of rotatable bonds is 3. The summed E-state index contributed by atoms with van der Waals surface area (Å²) in [5.74, 6) is 0. The van der Waals surface area contributed by atoms with Crippen molar-refractivity contribution in [2.75, 3.05) is 26.3 Å². The summed E-state index contributed by atoms with van der Waals surface area (Å²) in [7, 11) is 0. The predicted octanol–water partition coefficient (Wildman–Crippen LogP) is 3.36. The van der Waals surface area contributed by atoms with Crippen LogP contribution in [-0.2, 0) is 11.3 Å². The lowest BCUT2D eigenvalue weighted by molar-refractivity contribution is 0.0331. The van der Waals surface area contributed by atoms with Gasteiger partial charge in [-0.3, -0.25) is 4.90 Å². The third-order valence-electron chi connectivity index (χ3n) is 4.08. The Balaban J connectivity index is 1.98. The van der Waals surface area contributed by atoms with Crippen LogP contribution in [0.3, 0.4) is 0 Å². The van der Waals surface area contributed by atoms with Gasteiger partial charge in [-0.2, -0.15) is 0 Å². The van der Waals surface area contributed by atoms with Gasteiger partial charge in [0.25, 0.3) is 0 Å².